The predicted molar refractivity (Wildman–Crippen MR) is 85.8 cm³/mol. The highest BCUT2D eigenvalue weighted by Gasteiger charge is 2.28. The van der Waals surface area contributed by atoms with E-state index in [9.17, 15) is 13.5 Å². The average molecular weight is 332 g/mol. The van der Waals surface area contributed by atoms with Gasteiger partial charge in [0.15, 0.2) is 0 Å². The van der Waals surface area contributed by atoms with E-state index in [-0.39, 0.29) is 10.8 Å². The monoisotopic (exact) mass is 331 g/mol. The molecule has 1 aromatic rings. The van der Waals surface area contributed by atoms with Gasteiger partial charge in [-0.25, -0.2) is 13.1 Å². The number of hydrogen-bond acceptors (Lipinski definition) is 3. The first-order valence-corrected chi connectivity index (χ1v) is 8.76. The van der Waals surface area contributed by atoms with Crippen molar-refractivity contribution < 1.29 is 13.5 Å². The van der Waals surface area contributed by atoms with Crippen LogP contribution >= 0.6 is 11.6 Å². The number of allylic oxidation sites excluding steroid dienone is 1. The van der Waals surface area contributed by atoms with Gasteiger partial charge in [-0.15, -0.1) is 0 Å². The summed E-state index contributed by atoms with van der Waals surface area (Å²) in [6, 6.07) is 5.36. The number of nitrogens with one attached hydrogen (secondary N) is 1. The van der Waals surface area contributed by atoms with Crippen LogP contribution in [-0.2, 0) is 10.0 Å². The van der Waals surface area contributed by atoms with Crippen LogP contribution in [0.1, 0.15) is 27.2 Å². The van der Waals surface area contributed by atoms with Crippen molar-refractivity contribution >= 4 is 21.6 Å². The topological polar surface area (TPSA) is 66.4 Å². The van der Waals surface area contributed by atoms with E-state index in [0.29, 0.717) is 5.02 Å². The Hall–Kier alpha value is -0.880. The molecule has 0 heterocycles. The van der Waals surface area contributed by atoms with Crippen molar-refractivity contribution in [3.8, 4) is 0 Å². The summed E-state index contributed by atoms with van der Waals surface area (Å²) in [6.07, 6.45) is 3.17. The third-order valence-electron chi connectivity index (χ3n) is 3.43. The molecule has 2 N–H and O–H groups in total. The van der Waals surface area contributed by atoms with E-state index in [4.69, 9.17) is 11.6 Å². The van der Waals surface area contributed by atoms with Crippen molar-refractivity contribution in [2.45, 2.75) is 44.2 Å². The summed E-state index contributed by atoms with van der Waals surface area (Å²) >= 11 is 5.77. The summed E-state index contributed by atoms with van der Waals surface area (Å²) in [4.78, 5) is 0.132. The first-order valence-electron chi connectivity index (χ1n) is 6.90. The summed E-state index contributed by atoms with van der Waals surface area (Å²) in [7, 11) is -3.70. The molecule has 0 saturated carbocycles. The van der Waals surface area contributed by atoms with Crippen LogP contribution in [0.4, 0.5) is 0 Å². The molecular formula is C15H22ClNO3S. The third-order valence-corrected chi connectivity index (χ3v) is 5.16. The molecule has 6 heteroatoms. The molecule has 0 aliphatic rings. The lowest BCUT2D eigenvalue weighted by Gasteiger charge is -2.27. The Morgan fingerprint density at radius 3 is 2.38 bits per heavy atom. The lowest BCUT2D eigenvalue weighted by atomic mass is 9.95. The number of aliphatic hydroxyl groups is 1. The molecule has 21 heavy (non-hydrogen) atoms. The van der Waals surface area contributed by atoms with Gasteiger partial charge in [0.05, 0.1) is 17.0 Å². The molecule has 0 radical (unpaired) electrons. The Labute approximate surface area is 131 Å². The van der Waals surface area contributed by atoms with Crippen LogP contribution in [-0.4, -0.2) is 25.7 Å². The van der Waals surface area contributed by atoms with E-state index in [0.717, 1.165) is 6.42 Å². The normalized spacial score (nSPS) is 16.8. The lowest BCUT2D eigenvalue weighted by molar-refractivity contribution is 0.152. The van der Waals surface area contributed by atoms with Gasteiger partial charge in [-0.1, -0.05) is 44.0 Å². The van der Waals surface area contributed by atoms with Crippen LogP contribution in [0.5, 0.6) is 0 Å². The molecule has 0 fully saturated rings. The van der Waals surface area contributed by atoms with Gasteiger partial charge < -0.3 is 5.11 Å². The highest BCUT2D eigenvalue weighted by atomic mass is 35.5. The SMILES string of the molecule is CC=CC(O)[C@@H](NS(=O)(=O)c1ccc(Cl)cc1)[C@@H](C)CC. The van der Waals surface area contributed by atoms with Crippen LogP contribution in [0.25, 0.3) is 0 Å². The molecule has 0 aliphatic heterocycles. The number of aliphatic hydroxyl groups excluding tert-OH is 1. The second kappa shape index (κ2) is 7.94. The molecule has 0 bridgehead atoms. The van der Waals surface area contributed by atoms with Gasteiger partial charge in [0.25, 0.3) is 0 Å². The zero-order chi connectivity index (χ0) is 16.0. The van der Waals surface area contributed by atoms with E-state index < -0.39 is 22.2 Å². The Balaban J connectivity index is 3.03. The first kappa shape index (κ1) is 18.2. The van der Waals surface area contributed by atoms with E-state index in [2.05, 4.69) is 4.72 Å². The van der Waals surface area contributed by atoms with E-state index in [1.165, 1.54) is 24.3 Å². The zero-order valence-corrected chi connectivity index (χ0v) is 14.0. The van der Waals surface area contributed by atoms with E-state index in [1.54, 1.807) is 19.1 Å². The Morgan fingerprint density at radius 2 is 1.90 bits per heavy atom. The van der Waals surface area contributed by atoms with E-state index in [1.807, 2.05) is 13.8 Å². The molecule has 1 unspecified atom stereocenters. The number of halogens is 1. The number of benzene rings is 1. The predicted octanol–water partition coefficient (Wildman–Crippen LogP) is 2.97. The maximum atomic E-state index is 12.4. The highest BCUT2D eigenvalue weighted by molar-refractivity contribution is 7.89. The van der Waals surface area contributed by atoms with Gasteiger partial charge in [-0.2, -0.15) is 0 Å². The standard InChI is InChI=1S/C15H22ClNO3S/c1-4-6-14(18)15(11(3)5-2)17-21(19,20)13-9-7-12(16)8-10-13/h4,6-11,14-15,17-18H,5H2,1-3H3/t11-,14?,15-/m0/s1. The van der Waals surface area contributed by atoms with Crippen LogP contribution in [0.2, 0.25) is 5.02 Å². The Kier molecular flexibility index (Phi) is 6.87. The van der Waals surface area contributed by atoms with Crippen molar-refractivity contribution in [3.63, 3.8) is 0 Å². The fourth-order valence-electron chi connectivity index (χ4n) is 1.95. The largest absolute Gasteiger partial charge is 0.387 e. The van der Waals surface area contributed by atoms with Crippen molar-refractivity contribution in [2.75, 3.05) is 0 Å². The summed E-state index contributed by atoms with van der Waals surface area (Å²) in [6.45, 7) is 5.64. The molecular weight excluding hydrogens is 310 g/mol. The molecule has 3 atom stereocenters. The van der Waals surface area contributed by atoms with Crippen LogP contribution in [0.15, 0.2) is 41.3 Å². The van der Waals surface area contributed by atoms with Crippen molar-refractivity contribution in [3.05, 3.63) is 41.4 Å². The summed E-state index contributed by atoms with van der Waals surface area (Å²) in [5.41, 5.74) is 0. The first-order chi connectivity index (χ1) is 9.81. The summed E-state index contributed by atoms with van der Waals surface area (Å²) in [5.74, 6) is -0.00160. The van der Waals surface area contributed by atoms with Gasteiger partial charge in [0.1, 0.15) is 0 Å². The molecule has 1 rings (SSSR count). The van der Waals surface area contributed by atoms with E-state index >= 15 is 0 Å². The van der Waals surface area contributed by atoms with Gasteiger partial charge in [0, 0.05) is 5.02 Å². The summed E-state index contributed by atoms with van der Waals surface area (Å²) < 4.78 is 27.4. The second-order valence-corrected chi connectivity index (χ2v) is 7.15. The number of sulfonamides is 1. The zero-order valence-electron chi connectivity index (χ0n) is 12.5. The minimum Gasteiger partial charge on any atom is -0.387 e. The maximum Gasteiger partial charge on any atom is 0.240 e. The van der Waals surface area contributed by atoms with Gasteiger partial charge in [-0.3, -0.25) is 0 Å². The minimum atomic E-state index is -3.70. The molecule has 118 valence electrons. The fourth-order valence-corrected chi connectivity index (χ4v) is 3.44. The number of hydrogen-bond donors (Lipinski definition) is 2. The lowest BCUT2D eigenvalue weighted by Crippen LogP contribution is -2.46. The van der Waals surface area contributed by atoms with Crippen LogP contribution in [0, 0.1) is 5.92 Å². The minimum absolute atomic E-state index is 0.00160. The Bertz CT molecular complexity index is 569. The summed E-state index contributed by atoms with van der Waals surface area (Å²) in [5, 5.41) is 10.6. The fraction of sp³-hybridized carbons (Fsp3) is 0.467. The smallest absolute Gasteiger partial charge is 0.240 e. The van der Waals surface area contributed by atoms with Gasteiger partial charge in [0.2, 0.25) is 10.0 Å². The van der Waals surface area contributed by atoms with Crippen LogP contribution in [0.3, 0.4) is 0 Å². The molecule has 0 spiro atoms. The third kappa shape index (κ3) is 5.11. The highest BCUT2D eigenvalue weighted by Crippen LogP contribution is 2.18. The molecule has 0 aliphatic carbocycles. The van der Waals surface area contributed by atoms with Crippen molar-refractivity contribution in [1.82, 2.24) is 4.72 Å². The Morgan fingerprint density at radius 1 is 1.33 bits per heavy atom. The quantitative estimate of drug-likeness (QED) is 0.755. The van der Waals surface area contributed by atoms with Gasteiger partial charge >= 0.3 is 0 Å². The van der Waals surface area contributed by atoms with Crippen molar-refractivity contribution in [1.29, 1.82) is 0 Å². The second-order valence-electron chi connectivity index (χ2n) is 5.00. The molecule has 1 aromatic carbocycles. The molecule has 0 aromatic heterocycles. The van der Waals surface area contributed by atoms with Crippen LogP contribution < -0.4 is 4.72 Å². The average Bonchev–Trinajstić information content (AvgIpc) is 2.44. The van der Waals surface area contributed by atoms with Crippen molar-refractivity contribution in [2.24, 2.45) is 5.92 Å². The number of rotatable bonds is 7. The molecule has 0 saturated heterocycles. The molecule has 0 amide bonds. The maximum absolute atomic E-state index is 12.4. The van der Waals surface area contributed by atoms with Gasteiger partial charge in [-0.05, 0) is 37.1 Å². The molecule has 4 nitrogen and oxygen atoms in total.